The summed E-state index contributed by atoms with van der Waals surface area (Å²) in [6, 6.07) is 1.08. The van der Waals surface area contributed by atoms with E-state index in [2.05, 4.69) is 24.2 Å². The van der Waals surface area contributed by atoms with Crippen molar-refractivity contribution < 1.29 is 0 Å². The van der Waals surface area contributed by atoms with Gasteiger partial charge in [0.2, 0.25) is 0 Å². The smallest absolute Gasteiger partial charge is 0.0320 e. The van der Waals surface area contributed by atoms with Gasteiger partial charge in [-0.25, -0.2) is 0 Å². The molecule has 0 amide bonds. The Hall–Kier alpha value is -0.120. The predicted octanol–water partition coefficient (Wildman–Crippen LogP) is -0.763. The summed E-state index contributed by atoms with van der Waals surface area (Å²) in [5, 5.41) is 3.43. The van der Waals surface area contributed by atoms with Crippen LogP contribution in [0.25, 0.3) is 0 Å². The van der Waals surface area contributed by atoms with E-state index in [1.54, 1.807) is 0 Å². The van der Waals surface area contributed by atoms with Gasteiger partial charge in [-0.2, -0.15) is 0 Å². The Kier molecular flexibility index (Phi) is 2.65. The minimum absolute atomic E-state index is 0.494. The lowest BCUT2D eigenvalue weighted by Gasteiger charge is -2.34. The summed E-state index contributed by atoms with van der Waals surface area (Å²) in [5.41, 5.74) is 5.54. The van der Waals surface area contributed by atoms with Crippen molar-refractivity contribution in [1.29, 1.82) is 0 Å². The van der Waals surface area contributed by atoms with Crippen LogP contribution in [0.3, 0.4) is 0 Å². The van der Waals surface area contributed by atoms with Gasteiger partial charge in [-0.3, -0.25) is 0 Å². The van der Waals surface area contributed by atoms with Crippen molar-refractivity contribution in [3.63, 3.8) is 0 Å². The molecule has 1 fully saturated rings. The second-order valence-electron chi connectivity index (χ2n) is 3.22. The van der Waals surface area contributed by atoms with Crippen LogP contribution in [-0.4, -0.2) is 43.7 Å². The van der Waals surface area contributed by atoms with Crippen molar-refractivity contribution in [2.24, 2.45) is 5.73 Å². The number of nitrogens with two attached hydrogens (primary N) is 1. The lowest BCUT2D eigenvalue weighted by Crippen LogP contribution is -2.56. The fraction of sp³-hybridized carbons (Fsp3) is 1.00. The van der Waals surface area contributed by atoms with E-state index < -0.39 is 0 Å². The van der Waals surface area contributed by atoms with E-state index in [1.807, 2.05) is 0 Å². The summed E-state index contributed by atoms with van der Waals surface area (Å²) >= 11 is 0. The Morgan fingerprint density at radius 1 is 1.60 bits per heavy atom. The topological polar surface area (TPSA) is 41.3 Å². The molecular formula is C7H17N3. The van der Waals surface area contributed by atoms with Gasteiger partial charge in [0.05, 0.1) is 0 Å². The molecule has 3 nitrogen and oxygen atoms in total. The number of hydrogen-bond donors (Lipinski definition) is 2. The summed E-state index contributed by atoms with van der Waals surface area (Å²) in [7, 11) is 2.14. The third kappa shape index (κ3) is 1.94. The van der Waals surface area contributed by atoms with Gasteiger partial charge in [-0.1, -0.05) is 0 Å². The van der Waals surface area contributed by atoms with Crippen molar-refractivity contribution in [1.82, 2.24) is 10.2 Å². The highest BCUT2D eigenvalue weighted by Crippen LogP contribution is 1.99. The highest BCUT2D eigenvalue weighted by Gasteiger charge is 2.19. The van der Waals surface area contributed by atoms with E-state index in [1.165, 1.54) is 0 Å². The zero-order valence-corrected chi connectivity index (χ0v) is 6.80. The molecule has 0 aromatic rings. The van der Waals surface area contributed by atoms with E-state index in [4.69, 9.17) is 5.73 Å². The Balaban J connectivity index is 2.35. The Bertz CT molecular complexity index is 95.0. The maximum absolute atomic E-state index is 5.54. The highest BCUT2D eigenvalue weighted by molar-refractivity contribution is 4.82. The standard InChI is InChI=1S/C7H17N3/c1-6-4-10(2)5-7(3-8)9-6/h6-7,9H,3-5,8H2,1-2H3. The van der Waals surface area contributed by atoms with Crippen molar-refractivity contribution >= 4 is 0 Å². The summed E-state index contributed by atoms with van der Waals surface area (Å²) in [6.45, 7) is 5.16. The molecule has 1 saturated heterocycles. The van der Waals surface area contributed by atoms with E-state index in [0.29, 0.717) is 12.1 Å². The van der Waals surface area contributed by atoms with Gasteiger partial charge >= 0.3 is 0 Å². The third-order valence-electron chi connectivity index (χ3n) is 1.92. The molecule has 2 atom stereocenters. The first-order valence-electron chi connectivity index (χ1n) is 3.87. The van der Waals surface area contributed by atoms with Crippen LogP contribution in [0.5, 0.6) is 0 Å². The van der Waals surface area contributed by atoms with Crippen molar-refractivity contribution in [2.75, 3.05) is 26.7 Å². The highest BCUT2D eigenvalue weighted by atomic mass is 15.2. The van der Waals surface area contributed by atoms with Gasteiger partial charge in [0.1, 0.15) is 0 Å². The van der Waals surface area contributed by atoms with Crippen LogP contribution in [0.4, 0.5) is 0 Å². The molecule has 0 radical (unpaired) electrons. The third-order valence-corrected chi connectivity index (χ3v) is 1.92. The zero-order valence-electron chi connectivity index (χ0n) is 6.80. The van der Waals surface area contributed by atoms with Gasteiger partial charge in [0, 0.05) is 31.7 Å². The fourth-order valence-electron chi connectivity index (χ4n) is 1.57. The van der Waals surface area contributed by atoms with Crippen LogP contribution >= 0.6 is 0 Å². The molecule has 0 bridgehead atoms. The first-order valence-corrected chi connectivity index (χ1v) is 3.87. The number of hydrogen-bond acceptors (Lipinski definition) is 3. The maximum atomic E-state index is 5.54. The van der Waals surface area contributed by atoms with Crippen LogP contribution in [-0.2, 0) is 0 Å². The van der Waals surface area contributed by atoms with Crippen LogP contribution in [0.15, 0.2) is 0 Å². The summed E-state index contributed by atoms with van der Waals surface area (Å²) in [5.74, 6) is 0. The maximum Gasteiger partial charge on any atom is 0.0320 e. The van der Waals surface area contributed by atoms with Crippen molar-refractivity contribution in [3.8, 4) is 0 Å². The van der Waals surface area contributed by atoms with Gasteiger partial charge in [-0.05, 0) is 14.0 Å². The normalized spacial score (nSPS) is 36.3. The lowest BCUT2D eigenvalue weighted by molar-refractivity contribution is 0.202. The zero-order chi connectivity index (χ0) is 7.56. The van der Waals surface area contributed by atoms with E-state index >= 15 is 0 Å². The Morgan fingerprint density at radius 2 is 2.30 bits per heavy atom. The summed E-state index contributed by atoms with van der Waals surface area (Å²) in [4.78, 5) is 2.32. The number of nitrogens with zero attached hydrogens (tertiary/aromatic N) is 1. The second-order valence-corrected chi connectivity index (χ2v) is 3.22. The number of nitrogens with one attached hydrogen (secondary N) is 1. The summed E-state index contributed by atoms with van der Waals surface area (Å²) in [6.07, 6.45) is 0. The van der Waals surface area contributed by atoms with Crippen molar-refractivity contribution in [3.05, 3.63) is 0 Å². The van der Waals surface area contributed by atoms with Crippen LogP contribution in [0.1, 0.15) is 6.92 Å². The SMILES string of the molecule is CC1CN(C)CC(CN)N1. The van der Waals surface area contributed by atoms with Crippen LogP contribution < -0.4 is 11.1 Å². The average Bonchev–Trinajstić information content (AvgIpc) is 1.85. The second kappa shape index (κ2) is 3.32. The number of rotatable bonds is 1. The minimum atomic E-state index is 0.494. The molecule has 0 aliphatic carbocycles. The van der Waals surface area contributed by atoms with Crippen LogP contribution in [0.2, 0.25) is 0 Å². The molecule has 0 aromatic carbocycles. The molecule has 2 unspecified atom stereocenters. The number of piperazine rings is 1. The number of likely N-dealkylation sites (N-methyl/N-ethyl adjacent to an activating group) is 1. The molecule has 0 spiro atoms. The minimum Gasteiger partial charge on any atom is -0.329 e. The molecule has 1 heterocycles. The van der Waals surface area contributed by atoms with Crippen LogP contribution in [0, 0.1) is 0 Å². The monoisotopic (exact) mass is 143 g/mol. The predicted molar refractivity (Wildman–Crippen MR) is 42.9 cm³/mol. The van der Waals surface area contributed by atoms with Gasteiger partial charge in [-0.15, -0.1) is 0 Å². The lowest BCUT2D eigenvalue weighted by atomic mass is 10.1. The van der Waals surface area contributed by atoms with Crippen molar-refractivity contribution in [2.45, 2.75) is 19.0 Å². The first-order chi connectivity index (χ1) is 4.72. The fourth-order valence-corrected chi connectivity index (χ4v) is 1.57. The largest absolute Gasteiger partial charge is 0.329 e. The molecule has 3 N–H and O–H groups in total. The Labute approximate surface area is 62.6 Å². The average molecular weight is 143 g/mol. The van der Waals surface area contributed by atoms with Gasteiger partial charge in [0.25, 0.3) is 0 Å². The molecule has 3 heteroatoms. The van der Waals surface area contributed by atoms with E-state index in [9.17, 15) is 0 Å². The molecule has 0 aromatic heterocycles. The first kappa shape index (κ1) is 7.98. The molecule has 60 valence electrons. The quantitative estimate of drug-likeness (QED) is 0.507. The molecule has 0 saturated carbocycles. The van der Waals surface area contributed by atoms with E-state index in [0.717, 1.165) is 19.6 Å². The molecule has 1 aliphatic heterocycles. The van der Waals surface area contributed by atoms with E-state index in [-0.39, 0.29) is 0 Å². The van der Waals surface area contributed by atoms with Gasteiger partial charge < -0.3 is 16.0 Å². The molecular weight excluding hydrogens is 126 g/mol. The van der Waals surface area contributed by atoms with Gasteiger partial charge in [0.15, 0.2) is 0 Å². The molecule has 10 heavy (non-hydrogen) atoms. The molecule has 1 aliphatic rings. The Morgan fingerprint density at radius 3 is 2.80 bits per heavy atom. The molecule has 1 rings (SSSR count). The summed E-state index contributed by atoms with van der Waals surface area (Å²) < 4.78 is 0.